The Hall–Kier alpha value is -1.30. The molecule has 3 N–H and O–H groups in total. The molecule has 0 aliphatic carbocycles. The second kappa shape index (κ2) is 8.87. The largest absolute Gasteiger partial charge is 0.354 e. The molecule has 21 heavy (non-hydrogen) atoms. The van der Waals surface area contributed by atoms with Crippen LogP contribution in [-0.2, 0) is 4.79 Å². The lowest BCUT2D eigenvalue weighted by Crippen LogP contribution is -2.45. The van der Waals surface area contributed by atoms with Gasteiger partial charge in [-0.05, 0) is 39.1 Å². The van der Waals surface area contributed by atoms with Crippen molar-refractivity contribution in [1.82, 2.24) is 16.0 Å². The highest BCUT2D eigenvalue weighted by Crippen LogP contribution is 2.25. The van der Waals surface area contributed by atoms with Gasteiger partial charge in [-0.15, -0.1) is 0 Å². The van der Waals surface area contributed by atoms with Crippen molar-refractivity contribution in [3.05, 3.63) is 33.8 Å². The zero-order valence-corrected chi connectivity index (χ0v) is 13.5. The van der Waals surface area contributed by atoms with Gasteiger partial charge < -0.3 is 16.0 Å². The first kappa shape index (κ1) is 17.8. The van der Waals surface area contributed by atoms with Crippen LogP contribution in [0.3, 0.4) is 0 Å². The molecule has 1 atom stereocenters. The molecule has 116 valence electrons. The Morgan fingerprint density at radius 3 is 2.62 bits per heavy atom. The van der Waals surface area contributed by atoms with Crippen LogP contribution >= 0.6 is 23.2 Å². The predicted octanol–water partition coefficient (Wildman–Crippen LogP) is 1.84. The van der Waals surface area contributed by atoms with Crippen LogP contribution in [-0.4, -0.2) is 38.0 Å². The minimum atomic E-state index is -0.651. The summed E-state index contributed by atoms with van der Waals surface area (Å²) in [6, 6.07) is 4.13. The summed E-state index contributed by atoms with van der Waals surface area (Å²) in [5, 5.41) is 8.81. The van der Waals surface area contributed by atoms with Crippen molar-refractivity contribution in [2.24, 2.45) is 0 Å². The van der Waals surface area contributed by atoms with Crippen molar-refractivity contribution in [2.45, 2.75) is 19.4 Å². The van der Waals surface area contributed by atoms with Gasteiger partial charge in [0.15, 0.2) is 0 Å². The predicted molar refractivity (Wildman–Crippen MR) is 84.9 cm³/mol. The third kappa shape index (κ3) is 5.53. The second-order valence-corrected chi connectivity index (χ2v) is 5.33. The Balaban J connectivity index is 2.53. The van der Waals surface area contributed by atoms with Gasteiger partial charge in [-0.3, -0.25) is 9.59 Å². The third-order valence-electron chi connectivity index (χ3n) is 2.84. The van der Waals surface area contributed by atoms with E-state index in [1.807, 2.05) is 7.05 Å². The molecule has 0 aromatic heterocycles. The van der Waals surface area contributed by atoms with Gasteiger partial charge in [0.25, 0.3) is 5.91 Å². The van der Waals surface area contributed by atoms with Crippen LogP contribution in [0.15, 0.2) is 18.2 Å². The number of rotatable bonds is 7. The van der Waals surface area contributed by atoms with Crippen LogP contribution < -0.4 is 16.0 Å². The van der Waals surface area contributed by atoms with Crippen molar-refractivity contribution >= 4 is 35.0 Å². The molecule has 1 aromatic carbocycles. The van der Waals surface area contributed by atoms with E-state index in [4.69, 9.17) is 23.2 Å². The summed E-state index contributed by atoms with van der Waals surface area (Å²) >= 11 is 11.8. The van der Waals surface area contributed by atoms with Gasteiger partial charge in [0.2, 0.25) is 5.91 Å². The number of carbonyl (C=O) groups is 2. The summed E-state index contributed by atoms with van der Waals surface area (Å²) in [7, 11) is 1.85. The van der Waals surface area contributed by atoms with E-state index in [0.717, 1.165) is 13.0 Å². The molecule has 0 heterocycles. The van der Waals surface area contributed by atoms with E-state index in [0.29, 0.717) is 11.6 Å². The summed E-state index contributed by atoms with van der Waals surface area (Å²) < 4.78 is 0. The van der Waals surface area contributed by atoms with E-state index in [1.54, 1.807) is 25.1 Å². The molecule has 0 saturated heterocycles. The van der Waals surface area contributed by atoms with Crippen molar-refractivity contribution in [2.75, 3.05) is 20.1 Å². The van der Waals surface area contributed by atoms with Gasteiger partial charge in [-0.1, -0.05) is 29.3 Å². The summed E-state index contributed by atoms with van der Waals surface area (Å²) in [5.74, 6) is -0.669. The molecule has 0 fully saturated rings. The van der Waals surface area contributed by atoms with E-state index < -0.39 is 11.9 Å². The Kier molecular flexibility index (Phi) is 7.50. The molecule has 0 spiro atoms. The highest BCUT2D eigenvalue weighted by Gasteiger charge is 2.18. The summed E-state index contributed by atoms with van der Waals surface area (Å²) in [5.41, 5.74) is 0.249. The molecule has 0 saturated carbocycles. The first-order valence-corrected chi connectivity index (χ1v) is 7.40. The van der Waals surface area contributed by atoms with Gasteiger partial charge in [0, 0.05) is 6.54 Å². The molecule has 5 nitrogen and oxygen atoms in total. The topological polar surface area (TPSA) is 70.2 Å². The zero-order chi connectivity index (χ0) is 15.8. The second-order valence-electron chi connectivity index (χ2n) is 4.54. The van der Waals surface area contributed by atoms with Crippen molar-refractivity contribution in [3.8, 4) is 0 Å². The first-order valence-electron chi connectivity index (χ1n) is 6.64. The summed E-state index contributed by atoms with van der Waals surface area (Å²) in [4.78, 5) is 23.9. The lowest BCUT2D eigenvalue weighted by atomic mass is 10.2. The van der Waals surface area contributed by atoms with E-state index >= 15 is 0 Å². The normalized spacial score (nSPS) is 11.8. The maximum Gasteiger partial charge on any atom is 0.253 e. The van der Waals surface area contributed by atoms with Crippen LogP contribution in [0, 0.1) is 0 Å². The molecule has 0 bridgehead atoms. The highest BCUT2D eigenvalue weighted by molar-refractivity contribution is 6.43. The van der Waals surface area contributed by atoms with Gasteiger partial charge >= 0.3 is 0 Å². The summed E-state index contributed by atoms with van der Waals surface area (Å²) in [6.07, 6.45) is 0.822. The SMILES string of the molecule is CNCCCNC(=O)C(C)NC(=O)c1cccc(Cl)c1Cl. The number of hydrogen-bond acceptors (Lipinski definition) is 3. The van der Waals surface area contributed by atoms with E-state index in [9.17, 15) is 9.59 Å². The monoisotopic (exact) mass is 331 g/mol. The quantitative estimate of drug-likeness (QED) is 0.667. The van der Waals surface area contributed by atoms with E-state index in [-0.39, 0.29) is 16.5 Å². The third-order valence-corrected chi connectivity index (χ3v) is 3.66. The van der Waals surface area contributed by atoms with Crippen molar-refractivity contribution in [3.63, 3.8) is 0 Å². The summed E-state index contributed by atoms with van der Waals surface area (Å²) in [6.45, 7) is 2.99. The average Bonchev–Trinajstić information content (AvgIpc) is 2.46. The van der Waals surface area contributed by atoms with Gasteiger partial charge in [-0.25, -0.2) is 0 Å². The molecule has 0 aliphatic heterocycles. The molecule has 0 radical (unpaired) electrons. The van der Waals surface area contributed by atoms with E-state index in [1.165, 1.54) is 0 Å². The molecule has 1 unspecified atom stereocenters. The molecule has 2 amide bonds. The number of hydrogen-bond donors (Lipinski definition) is 3. The standard InChI is InChI=1S/C14H19Cl2N3O2/c1-9(13(20)18-8-4-7-17-2)19-14(21)10-5-3-6-11(15)12(10)16/h3,5-6,9,17H,4,7-8H2,1-2H3,(H,18,20)(H,19,21). The van der Waals surface area contributed by atoms with Gasteiger partial charge in [-0.2, -0.15) is 0 Å². The fourth-order valence-electron chi connectivity index (χ4n) is 1.65. The van der Waals surface area contributed by atoms with Gasteiger partial charge in [0.1, 0.15) is 6.04 Å². The van der Waals surface area contributed by atoms with Crippen molar-refractivity contribution < 1.29 is 9.59 Å². The molecule has 0 aliphatic rings. The smallest absolute Gasteiger partial charge is 0.253 e. The Bertz CT molecular complexity index is 509. The zero-order valence-electron chi connectivity index (χ0n) is 12.0. The minimum absolute atomic E-state index is 0.179. The Morgan fingerprint density at radius 2 is 1.95 bits per heavy atom. The van der Waals surface area contributed by atoms with E-state index in [2.05, 4.69) is 16.0 Å². The fourth-order valence-corrected chi connectivity index (χ4v) is 2.04. The van der Waals surface area contributed by atoms with Crippen LogP contribution in [0.2, 0.25) is 10.0 Å². The molecule has 7 heteroatoms. The number of benzene rings is 1. The minimum Gasteiger partial charge on any atom is -0.354 e. The molecular formula is C14H19Cl2N3O2. The van der Waals surface area contributed by atoms with Crippen LogP contribution in [0.25, 0.3) is 0 Å². The lowest BCUT2D eigenvalue weighted by Gasteiger charge is -2.15. The number of carbonyl (C=O) groups excluding carboxylic acids is 2. The molecule has 1 rings (SSSR count). The van der Waals surface area contributed by atoms with Crippen LogP contribution in [0.1, 0.15) is 23.7 Å². The number of amides is 2. The maximum atomic E-state index is 12.1. The van der Waals surface area contributed by atoms with Crippen molar-refractivity contribution in [1.29, 1.82) is 0 Å². The lowest BCUT2D eigenvalue weighted by molar-refractivity contribution is -0.122. The van der Waals surface area contributed by atoms with Crippen LogP contribution in [0.4, 0.5) is 0 Å². The van der Waals surface area contributed by atoms with Crippen LogP contribution in [0.5, 0.6) is 0 Å². The molecule has 1 aromatic rings. The van der Waals surface area contributed by atoms with Gasteiger partial charge in [0.05, 0.1) is 15.6 Å². The average molecular weight is 332 g/mol. The Labute approximate surface area is 134 Å². The maximum absolute atomic E-state index is 12.1. The first-order chi connectivity index (χ1) is 9.97. The fraction of sp³-hybridized carbons (Fsp3) is 0.429. The number of nitrogens with one attached hydrogen (secondary N) is 3. The Morgan fingerprint density at radius 1 is 1.24 bits per heavy atom. The molecular weight excluding hydrogens is 313 g/mol. The highest BCUT2D eigenvalue weighted by atomic mass is 35.5. The number of halogens is 2.